The molecule has 4 heteroatoms. The first-order chi connectivity index (χ1) is 9.93. The Morgan fingerprint density at radius 1 is 1.24 bits per heavy atom. The monoisotopic (exact) mass is 292 g/mol. The van der Waals surface area contributed by atoms with Crippen LogP contribution in [-0.2, 0) is 6.42 Å². The van der Waals surface area contributed by atoms with Crippen LogP contribution in [0.4, 0.5) is 5.82 Å². The van der Waals surface area contributed by atoms with Crippen LogP contribution in [0.1, 0.15) is 32.8 Å². The second kappa shape index (κ2) is 9.00. The Labute approximate surface area is 130 Å². The van der Waals surface area contributed by atoms with Crippen molar-refractivity contribution >= 4 is 5.82 Å². The molecule has 0 fully saturated rings. The van der Waals surface area contributed by atoms with Crippen molar-refractivity contribution < 1.29 is 0 Å². The number of pyridine rings is 1. The lowest BCUT2D eigenvalue weighted by atomic mass is 10.0. The smallest absolute Gasteiger partial charge is 0.131 e. The fourth-order valence-corrected chi connectivity index (χ4v) is 2.35. The third-order valence-corrected chi connectivity index (χ3v) is 3.58. The van der Waals surface area contributed by atoms with Crippen LogP contribution >= 0.6 is 0 Å². The molecule has 0 saturated heterocycles. The van der Waals surface area contributed by atoms with Gasteiger partial charge in [-0.25, -0.2) is 4.98 Å². The molecule has 4 nitrogen and oxygen atoms in total. The number of nitrogens with two attached hydrogens (primary N) is 1. The third kappa shape index (κ3) is 6.44. The van der Waals surface area contributed by atoms with E-state index in [1.807, 2.05) is 12.3 Å². The van der Waals surface area contributed by atoms with Gasteiger partial charge < -0.3 is 15.5 Å². The maximum Gasteiger partial charge on any atom is 0.131 e. The molecule has 120 valence electrons. The van der Waals surface area contributed by atoms with E-state index in [-0.39, 0.29) is 6.04 Å². The highest BCUT2D eigenvalue weighted by Gasteiger charge is 2.15. The van der Waals surface area contributed by atoms with Crippen molar-refractivity contribution in [1.29, 1.82) is 0 Å². The molecular formula is C17H32N4. The van der Waals surface area contributed by atoms with Crippen molar-refractivity contribution in [3.63, 3.8) is 0 Å². The summed E-state index contributed by atoms with van der Waals surface area (Å²) in [5.41, 5.74) is 7.41. The van der Waals surface area contributed by atoms with Crippen molar-refractivity contribution in [1.82, 2.24) is 9.88 Å². The second-order valence-corrected chi connectivity index (χ2v) is 6.50. The number of hydrogen-bond acceptors (Lipinski definition) is 4. The number of likely N-dealkylation sites (N-methyl/N-ethyl adjacent to an activating group) is 1. The SMILES string of the molecule is CCC(N)Cc1cccnc1N(CCN(C)C)CC(C)C. The number of aromatic nitrogens is 1. The van der Waals surface area contributed by atoms with Crippen LogP contribution in [0, 0.1) is 5.92 Å². The van der Waals surface area contributed by atoms with Crippen LogP contribution in [0.3, 0.4) is 0 Å². The molecule has 1 rings (SSSR count). The maximum atomic E-state index is 6.14. The molecule has 1 atom stereocenters. The summed E-state index contributed by atoms with van der Waals surface area (Å²) in [6.07, 6.45) is 3.78. The molecule has 0 aliphatic heterocycles. The molecule has 0 aliphatic carbocycles. The Kier molecular flexibility index (Phi) is 7.68. The average Bonchev–Trinajstić information content (AvgIpc) is 2.43. The molecule has 0 bridgehead atoms. The zero-order valence-electron chi connectivity index (χ0n) is 14.3. The van der Waals surface area contributed by atoms with Gasteiger partial charge in [0, 0.05) is 31.9 Å². The molecule has 1 heterocycles. The maximum absolute atomic E-state index is 6.14. The van der Waals surface area contributed by atoms with Crippen LogP contribution < -0.4 is 10.6 Å². The Bertz CT molecular complexity index is 404. The van der Waals surface area contributed by atoms with Crippen LogP contribution in [-0.4, -0.2) is 49.7 Å². The van der Waals surface area contributed by atoms with E-state index >= 15 is 0 Å². The van der Waals surface area contributed by atoms with E-state index in [9.17, 15) is 0 Å². The topological polar surface area (TPSA) is 45.4 Å². The largest absolute Gasteiger partial charge is 0.355 e. The van der Waals surface area contributed by atoms with Gasteiger partial charge in [0.2, 0.25) is 0 Å². The van der Waals surface area contributed by atoms with Crippen molar-refractivity contribution in [2.75, 3.05) is 38.6 Å². The fraction of sp³-hybridized carbons (Fsp3) is 0.706. The minimum Gasteiger partial charge on any atom is -0.355 e. The first-order valence-electron chi connectivity index (χ1n) is 8.03. The van der Waals surface area contributed by atoms with Gasteiger partial charge in [0.05, 0.1) is 0 Å². The van der Waals surface area contributed by atoms with Gasteiger partial charge in [-0.15, -0.1) is 0 Å². The number of anilines is 1. The Balaban J connectivity index is 2.94. The first-order valence-corrected chi connectivity index (χ1v) is 8.03. The van der Waals surface area contributed by atoms with Gasteiger partial charge in [-0.3, -0.25) is 0 Å². The van der Waals surface area contributed by atoms with Crippen molar-refractivity contribution in [3.05, 3.63) is 23.9 Å². The molecular weight excluding hydrogens is 260 g/mol. The molecule has 1 aromatic heterocycles. The molecule has 2 N–H and O–H groups in total. The third-order valence-electron chi connectivity index (χ3n) is 3.58. The highest BCUT2D eigenvalue weighted by molar-refractivity contribution is 5.47. The van der Waals surface area contributed by atoms with Gasteiger partial charge in [0.25, 0.3) is 0 Å². The molecule has 1 aromatic rings. The number of hydrogen-bond donors (Lipinski definition) is 1. The minimum atomic E-state index is 0.211. The molecule has 1 unspecified atom stereocenters. The van der Waals surface area contributed by atoms with Gasteiger partial charge in [-0.05, 0) is 44.5 Å². The van der Waals surface area contributed by atoms with Gasteiger partial charge in [-0.1, -0.05) is 26.8 Å². The van der Waals surface area contributed by atoms with Gasteiger partial charge in [-0.2, -0.15) is 0 Å². The van der Waals surface area contributed by atoms with E-state index in [0.717, 1.165) is 38.3 Å². The summed E-state index contributed by atoms with van der Waals surface area (Å²) in [7, 11) is 4.22. The van der Waals surface area contributed by atoms with Crippen molar-refractivity contribution in [2.24, 2.45) is 11.7 Å². The predicted octanol–water partition coefficient (Wildman–Crippen LogP) is 2.39. The summed E-state index contributed by atoms with van der Waals surface area (Å²) in [6.45, 7) is 9.70. The summed E-state index contributed by atoms with van der Waals surface area (Å²) in [5.74, 6) is 1.72. The van der Waals surface area contributed by atoms with Crippen molar-refractivity contribution in [2.45, 2.75) is 39.7 Å². The molecule has 0 spiro atoms. The van der Waals surface area contributed by atoms with Gasteiger partial charge in [0.1, 0.15) is 5.82 Å². The Hall–Kier alpha value is -1.13. The molecule has 0 saturated carbocycles. The normalized spacial score (nSPS) is 13.0. The van der Waals surface area contributed by atoms with E-state index in [1.165, 1.54) is 5.56 Å². The summed E-state index contributed by atoms with van der Waals surface area (Å²) < 4.78 is 0. The van der Waals surface area contributed by atoms with E-state index in [4.69, 9.17) is 5.73 Å². The van der Waals surface area contributed by atoms with E-state index < -0.39 is 0 Å². The zero-order chi connectivity index (χ0) is 15.8. The number of nitrogens with zero attached hydrogens (tertiary/aromatic N) is 3. The standard InChI is InChI=1S/C17H32N4/c1-6-16(18)12-15-8-7-9-19-17(15)21(13-14(2)3)11-10-20(4)5/h7-9,14,16H,6,10-13,18H2,1-5H3. The van der Waals surface area contributed by atoms with E-state index in [1.54, 1.807) is 0 Å². The van der Waals surface area contributed by atoms with E-state index in [0.29, 0.717) is 5.92 Å². The summed E-state index contributed by atoms with van der Waals surface area (Å²) >= 11 is 0. The summed E-state index contributed by atoms with van der Waals surface area (Å²) in [4.78, 5) is 9.27. The lowest BCUT2D eigenvalue weighted by Crippen LogP contribution is -2.36. The molecule has 0 aromatic carbocycles. The predicted molar refractivity (Wildman–Crippen MR) is 91.8 cm³/mol. The molecule has 0 radical (unpaired) electrons. The van der Waals surface area contributed by atoms with Crippen LogP contribution in [0.2, 0.25) is 0 Å². The average molecular weight is 292 g/mol. The van der Waals surface area contributed by atoms with Gasteiger partial charge >= 0.3 is 0 Å². The van der Waals surface area contributed by atoms with Crippen LogP contribution in [0.15, 0.2) is 18.3 Å². The fourth-order valence-electron chi connectivity index (χ4n) is 2.35. The quantitative estimate of drug-likeness (QED) is 0.759. The van der Waals surface area contributed by atoms with Crippen LogP contribution in [0.25, 0.3) is 0 Å². The first kappa shape index (κ1) is 17.9. The van der Waals surface area contributed by atoms with E-state index in [2.05, 4.69) is 55.7 Å². The molecule has 21 heavy (non-hydrogen) atoms. The molecule has 0 amide bonds. The Morgan fingerprint density at radius 2 is 1.95 bits per heavy atom. The van der Waals surface area contributed by atoms with Crippen LogP contribution in [0.5, 0.6) is 0 Å². The lowest BCUT2D eigenvalue weighted by molar-refractivity contribution is 0.408. The van der Waals surface area contributed by atoms with Gasteiger partial charge in [0.15, 0.2) is 0 Å². The highest BCUT2D eigenvalue weighted by atomic mass is 15.2. The highest BCUT2D eigenvalue weighted by Crippen LogP contribution is 2.20. The zero-order valence-corrected chi connectivity index (χ0v) is 14.3. The second-order valence-electron chi connectivity index (χ2n) is 6.50. The minimum absolute atomic E-state index is 0.211. The summed E-state index contributed by atoms with van der Waals surface area (Å²) in [6, 6.07) is 4.39. The Morgan fingerprint density at radius 3 is 2.52 bits per heavy atom. The van der Waals surface area contributed by atoms with Crippen molar-refractivity contribution in [3.8, 4) is 0 Å². The molecule has 0 aliphatic rings. The summed E-state index contributed by atoms with van der Waals surface area (Å²) in [5, 5.41) is 0. The lowest BCUT2D eigenvalue weighted by Gasteiger charge is -2.29. The number of rotatable bonds is 9.